The van der Waals surface area contributed by atoms with Crippen molar-refractivity contribution < 1.29 is 18.9 Å². The van der Waals surface area contributed by atoms with Gasteiger partial charge in [0, 0.05) is 6.20 Å². The summed E-state index contributed by atoms with van der Waals surface area (Å²) in [5, 5.41) is 0. The highest BCUT2D eigenvalue weighted by atomic mass is 16.6. The second kappa shape index (κ2) is 5.18. The normalized spacial score (nSPS) is 17.8. The van der Waals surface area contributed by atoms with Crippen LogP contribution in [0.25, 0.3) is 0 Å². The third-order valence-electron chi connectivity index (χ3n) is 2.55. The van der Waals surface area contributed by atoms with E-state index in [0.29, 0.717) is 5.59 Å². The van der Waals surface area contributed by atoms with Crippen LogP contribution in [0.4, 0.5) is 0 Å². The summed E-state index contributed by atoms with van der Waals surface area (Å²) >= 11 is 0. The van der Waals surface area contributed by atoms with Crippen molar-refractivity contribution in [3.8, 4) is 0 Å². The van der Waals surface area contributed by atoms with Gasteiger partial charge in [-0.2, -0.15) is 0 Å². The molecule has 1 aliphatic heterocycles. The van der Waals surface area contributed by atoms with Gasteiger partial charge in [-0.25, -0.2) is 0 Å². The quantitative estimate of drug-likeness (QED) is 0.601. The molecule has 0 radical (unpaired) electrons. The molecule has 1 aliphatic rings. The first-order chi connectivity index (χ1) is 8.56. The molecular formula is C11H13BN2O4. The van der Waals surface area contributed by atoms with Crippen LogP contribution in [0.15, 0.2) is 18.3 Å². The molecule has 7 heteroatoms. The van der Waals surface area contributed by atoms with Crippen LogP contribution in [0.2, 0.25) is 0 Å². The van der Waals surface area contributed by atoms with Gasteiger partial charge in [0.15, 0.2) is 0 Å². The second-order valence-corrected chi connectivity index (χ2v) is 4.19. The molecule has 1 fully saturated rings. The topological polar surface area (TPSA) is 68.7 Å². The van der Waals surface area contributed by atoms with Gasteiger partial charge < -0.3 is 9.31 Å². The van der Waals surface area contributed by atoms with Crippen LogP contribution >= 0.6 is 0 Å². The molecule has 0 aromatic carbocycles. The summed E-state index contributed by atoms with van der Waals surface area (Å²) in [5.74, 6) is -0.889. The Kier molecular flexibility index (Phi) is 3.62. The van der Waals surface area contributed by atoms with Crippen molar-refractivity contribution >= 4 is 24.7 Å². The first kappa shape index (κ1) is 12.6. The summed E-state index contributed by atoms with van der Waals surface area (Å²) in [6.45, 7) is 1.92. The molecule has 0 amide bonds. The Labute approximate surface area is 105 Å². The summed E-state index contributed by atoms with van der Waals surface area (Å²) in [7, 11) is 0.592. The molecule has 94 valence electrons. The fourth-order valence-electron chi connectivity index (χ4n) is 1.69. The van der Waals surface area contributed by atoms with Gasteiger partial charge in [0.2, 0.25) is 0 Å². The maximum atomic E-state index is 11.6. The van der Waals surface area contributed by atoms with Gasteiger partial charge in [-0.05, 0) is 25.6 Å². The minimum absolute atomic E-state index is 0.0531. The second-order valence-electron chi connectivity index (χ2n) is 4.19. The van der Waals surface area contributed by atoms with Gasteiger partial charge in [-0.3, -0.25) is 19.5 Å². The molecule has 2 heterocycles. The van der Waals surface area contributed by atoms with Crippen molar-refractivity contribution in [3.63, 3.8) is 0 Å². The Morgan fingerprint density at radius 2 is 1.89 bits per heavy atom. The fraction of sp³-hybridized carbons (Fsp3) is 0.364. The number of nitrogens with zero attached hydrogens (tertiary/aromatic N) is 2. The molecule has 0 bridgehead atoms. The van der Waals surface area contributed by atoms with Crippen molar-refractivity contribution in [2.24, 2.45) is 0 Å². The third kappa shape index (κ3) is 2.86. The molecule has 18 heavy (non-hydrogen) atoms. The standard InChI is InChI=1S/C11H13BN2O4/c1-8-4-3-5-13-11(8)12-17-9(15)6-14(2)7-10(16)18-12/h3-5H,6-7H2,1-2H3. The monoisotopic (exact) mass is 248 g/mol. The van der Waals surface area contributed by atoms with Crippen molar-refractivity contribution in [3.05, 3.63) is 23.9 Å². The van der Waals surface area contributed by atoms with Crippen LogP contribution in [0.5, 0.6) is 0 Å². The first-order valence-corrected chi connectivity index (χ1v) is 5.55. The summed E-state index contributed by atoms with van der Waals surface area (Å²) in [4.78, 5) is 28.8. The van der Waals surface area contributed by atoms with Crippen molar-refractivity contribution in [2.45, 2.75) is 6.92 Å². The molecule has 0 unspecified atom stereocenters. The van der Waals surface area contributed by atoms with Gasteiger partial charge in [-0.15, -0.1) is 0 Å². The predicted molar refractivity (Wildman–Crippen MR) is 64.0 cm³/mol. The molecule has 1 aromatic rings. The number of pyridine rings is 1. The molecular weight excluding hydrogens is 235 g/mol. The Balaban J connectivity index is 2.24. The summed E-state index contributed by atoms with van der Waals surface area (Å²) < 4.78 is 10.2. The highest BCUT2D eigenvalue weighted by Crippen LogP contribution is 2.02. The zero-order chi connectivity index (χ0) is 13.1. The SMILES string of the molecule is Cc1cccnc1B1OC(=O)CN(C)CC(=O)O1. The first-order valence-electron chi connectivity index (χ1n) is 5.55. The number of likely N-dealkylation sites (N-methyl/N-ethyl adjacent to an activating group) is 1. The maximum Gasteiger partial charge on any atom is 0.656 e. The molecule has 1 aromatic heterocycles. The number of rotatable bonds is 1. The van der Waals surface area contributed by atoms with Crippen LogP contribution < -0.4 is 5.59 Å². The zero-order valence-corrected chi connectivity index (χ0v) is 10.3. The van der Waals surface area contributed by atoms with Gasteiger partial charge in [-0.1, -0.05) is 6.07 Å². The Morgan fingerprint density at radius 3 is 2.44 bits per heavy atom. The lowest BCUT2D eigenvalue weighted by atomic mass is 9.80. The number of carbonyl (C=O) groups is 2. The Bertz CT molecular complexity index is 460. The van der Waals surface area contributed by atoms with E-state index in [1.54, 1.807) is 19.3 Å². The van der Waals surface area contributed by atoms with E-state index < -0.39 is 19.1 Å². The number of aromatic nitrogens is 1. The molecule has 2 rings (SSSR count). The highest BCUT2D eigenvalue weighted by Gasteiger charge is 2.35. The molecule has 0 N–H and O–H groups in total. The smallest absolute Gasteiger partial charge is 0.493 e. The predicted octanol–water partition coefficient (Wildman–Crippen LogP) is -0.883. The van der Waals surface area contributed by atoms with E-state index in [-0.39, 0.29) is 13.1 Å². The number of aryl methyl sites for hydroxylation is 1. The van der Waals surface area contributed by atoms with Gasteiger partial charge in [0.05, 0.1) is 13.1 Å². The lowest BCUT2D eigenvalue weighted by Gasteiger charge is -2.22. The van der Waals surface area contributed by atoms with E-state index in [1.807, 2.05) is 13.0 Å². The largest absolute Gasteiger partial charge is 0.656 e. The van der Waals surface area contributed by atoms with E-state index in [4.69, 9.17) is 9.31 Å². The lowest BCUT2D eigenvalue weighted by Crippen LogP contribution is -2.49. The van der Waals surface area contributed by atoms with Crippen LogP contribution in [-0.2, 0) is 18.9 Å². The summed E-state index contributed by atoms with van der Waals surface area (Å²) in [6, 6.07) is 3.58. The minimum Gasteiger partial charge on any atom is -0.493 e. The van der Waals surface area contributed by atoms with E-state index in [2.05, 4.69) is 4.98 Å². The zero-order valence-electron chi connectivity index (χ0n) is 10.3. The van der Waals surface area contributed by atoms with E-state index in [0.717, 1.165) is 5.56 Å². The molecule has 1 saturated heterocycles. The third-order valence-corrected chi connectivity index (χ3v) is 2.55. The van der Waals surface area contributed by atoms with Gasteiger partial charge in [0.25, 0.3) is 0 Å². The van der Waals surface area contributed by atoms with Crippen LogP contribution in [0.3, 0.4) is 0 Å². The van der Waals surface area contributed by atoms with E-state index >= 15 is 0 Å². The molecule has 0 spiro atoms. The minimum atomic E-state index is -1.06. The molecule has 0 atom stereocenters. The maximum absolute atomic E-state index is 11.6. The van der Waals surface area contributed by atoms with E-state index in [9.17, 15) is 9.59 Å². The molecule has 0 aliphatic carbocycles. The van der Waals surface area contributed by atoms with Crippen LogP contribution in [0, 0.1) is 6.92 Å². The number of hydrogen-bond acceptors (Lipinski definition) is 6. The lowest BCUT2D eigenvalue weighted by molar-refractivity contribution is -0.145. The fourth-order valence-corrected chi connectivity index (χ4v) is 1.69. The highest BCUT2D eigenvalue weighted by molar-refractivity contribution is 6.64. The van der Waals surface area contributed by atoms with Gasteiger partial charge in [0.1, 0.15) is 5.59 Å². The summed E-state index contributed by atoms with van der Waals surface area (Å²) in [5.41, 5.74) is 1.25. The van der Waals surface area contributed by atoms with Crippen molar-refractivity contribution in [2.75, 3.05) is 20.1 Å². The number of hydrogen-bond donors (Lipinski definition) is 0. The number of carbonyl (C=O) groups excluding carboxylic acids is 2. The average Bonchev–Trinajstić information content (AvgIpc) is 2.26. The van der Waals surface area contributed by atoms with Crippen molar-refractivity contribution in [1.29, 1.82) is 0 Å². The summed E-state index contributed by atoms with van der Waals surface area (Å²) in [6.07, 6.45) is 1.56. The molecule has 0 saturated carbocycles. The Hall–Kier alpha value is -1.89. The van der Waals surface area contributed by atoms with Crippen LogP contribution in [0.1, 0.15) is 5.56 Å². The average molecular weight is 248 g/mol. The van der Waals surface area contributed by atoms with Crippen molar-refractivity contribution in [1.82, 2.24) is 9.88 Å². The Morgan fingerprint density at radius 1 is 1.28 bits per heavy atom. The van der Waals surface area contributed by atoms with Crippen LogP contribution in [-0.4, -0.2) is 49.1 Å². The molecule has 6 nitrogen and oxygen atoms in total. The van der Waals surface area contributed by atoms with Gasteiger partial charge >= 0.3 is 19.1 Å². The van der Waals surface area contributed by atoms with E-state index in [1.165, 1.54) is 4.90 Å².